The van der Waals surface area contributed by atoms with Gasteiger partial charge in [0.15, 0.2) is 5.75 Å². The molecule has 0 bridgehead atoms. The van der Waals surface area contributed by atoms with Crippen molar-refractivity contribution in [2.45, 2.75) is 6.92 Å². The van der Waals surface area contributed by atoms with E-state index in [9.17, 15) is 0 Å². The highest BCUT2D eigenvalue weighted by Gasteiger charge is 2.07. The largest absolute Gasteiger partial charge is 0.491 e. The van der Waals surface area contributed by atoms with Gasteiger partial charge >= 0.3 is 6.15 Å². The van der Waals surface area contributed by atoms with E-state index in [1.165, 1.54) is 5.56 Å². The quantitative estimate of drug-likeness (QED) is 0.859. The van der Waals surface area contributed by atoms with E-state index in [0.717, 1.165) is 11.1 Å². The topological polar surface area (TPSA) is 65.5 Å². The molecular weight excluding hydrogens is 258 g/mol. The van der Waals surface area contributed by atoms with E-state index in [0.29, 0.717) is 11.6 Å². The Kier molecular flexibility index (Phi) is 5.94. The van der Waals surface area contributed by atoms with Crippen molar-refractivity contribution in [3.63, 3.8) is 0 Å². The Morgan fingerprint density at radius 3 is 2.30 bits per heavy atom. The van der Waals surface area contributed by atoms with Gasteiger partial charge in [0.2, 0.25) is 0 Å². The maximum Gasteiger partial charge on any atom is 0.373 e. The Morgan fingerprint density at radius 1 is 1.05 bits per heavy atom. The molecule has 5 nitrogen and oxygen atoms in total. The van der Waals surface area contributed by atoms with Crippen LogP contribution in [0.3, 0.4) is 0 Å². The second-order valence-corrected chi connectivity index (χ2v) is 3.89. The molecule has 0 spiro atoms. The van der Waals surface area contributed by atoms with Crippen LogP contribution in [0.15, 0.2) is 36.5 Å². The van der Waals surface area contributed by atoms with Crippen molar-refractivity contribution in [1.82, 2.24) is 4.98 Å². The zero-order chi connectivity index (χ0) is 15.0. The zero-order valence-corrected chi connectivity index (χ0v) is 11.5. The third-order valence-corrected chi connectivity index (χ3v) is 2.58. The van der Waals surface area contributed by atoms with Gasteiger partial charge in [-0.2, -0.15) is 9.59 Å². The van der Waals surface area contributed by atoms with E-state index in [1.54, 1.807) is 20.4 Å². The van der Waals surface area contributed by atoms with Gasteiger partial charge in [0.1, 0.15) is 0 Å². The molecule has 0 radical (unpaired) electrons. The van der Waals surface area contributed by atoms with Crippen LogP contribution in [0.5, 0.6) is 11.6 Å². The number of carbonyl (C=O) groups excluding carboxylic acids is 2. The van der Waals surface area contributed by atoms with Gasteiger partial charge in [-0.3, -0.25) is 0 Å². The van der Waals surface area contributed by atoms with Crippen LogP contribution in [0.25, 0.3) is 11.1 Å². The van der Waals surface area contributed by atoms with Crippen molar-refractivity contribution in [3.05, 3.63) is 42.1 Å². The second kappa shape index (κ2) is 7.71. The molecule has 0 N–H and O–H groups in total. The lowest BCUT2D eigenvalue weighted by Crippen LogP contribution is -1.94. The average molecular weight is 273 g/mol. The van der Waals surface area contributed by atoms with E-state index in [4.69, 9.17) is 19.1 Å². The van der Waals surface area contributed by atoms with Crippen molar-refractivity contribution >= 4 is 6.15 Å². The summed E-state index contributed by atoms with van der Waals surface area (Å²) in [6.07, 6.45) is 2.04. The summed E-state index contributed by atoms with van der Waals surface area (Å²) < 4.78 is 10.4. The number of aryl methyl sites for hydroxylation is 1. The van der Waals surface area contributed by atoms with Crippen molar-refractivity contribution in [1.29, 1.82) is 0 Å². The first-order chi connectivity index (χ1) is 9.65. The first kappa shape index (κ1) is 15.4. The number of hydrogen-bond acceptors (Lipinski definition) is 5. The summed E-state index contributed by atoms with van der Waals surface area (Å²) in [6, 6.07) is 10.2. The smallest absolute Gasteiger partial charge is 0.373 e. The lowest BCUT2D eigenvalue weighted by atomic mass is 10.1. The van der Waals surface area contributed by atoms with E-state index in [1.807, 2.05) is 12.1 Å². The minimum Gasteiger partial charge on any atom is -0.491 e. The third kappa shape index (κ3) is 3.93. The Labute approximate surface area is 117 Å². The van der Waals surface area contributed by atoms with Crippen LogP contribution < -0.4 is 9.47 Å². The number of ether oxygens (including phenoxy) is 2. The third-order valence-electron chi connectivity index (χ3n) is 2.58. The normalized spacial score (nSPS) is 8.95. The highest BCUT2D eigenvalue weighted by atomic mass is 16.5. The van der Waals surface area contributed by atoms with Gasteiger partial charge in [0.05, 0.1) is 14.2 Å². The van der Waals surface area contributed by atoms with Crippen LogP contribution in [0, 0.1) is 6.92 Å². The van der Waals surface area contributed by atoms with E-state index in [2.05, 4.69) is 30.1 Å². The molecule has 104 valence electrons. The van der Waals surface area contributed by atoms with Crippen LogP contribution in [-0.4, -0.2) is 25.4 Å². The minimum atomic E-state index is 0.250. The number of benzene rings is 1. The van der Waals surface area contributed by atoms with Gasteiger partial charge in [-0.1, -0.05) is 29.8 Å². The van der Waals surface area contributed by atoms with E-state index < -0.39 is 0 Å². The maximum atomic E-state index is 8.12. The standard InChI is InChI=1S/C14H15NO2.CO2/c1-10-5-4-6-11(7-10)12-8-13(16-2)14(17-3)15-9-12;2-1-3/h4-9H,1-3H3;. The molecule has 1 aromatic heterocycles. The second-order valence-electron chi connectivity index (χ2n) is 3.89. The van der Waals surface area contributed by atoms with E-state index in [-0.39, 0.29) is 6.15 Å². The fraction of sp³-hybridized carbons (Fsp3) is 0.200. The van der Waals surface area contributed by atoms with Gasteiger partial charge in [-0.05, 0) is 18.6 Å². The van der Waals surface area contributed by atoms with Gasteiger partial charge in [0, 0.05) is 11.8 Å². The molecule has 0 unspecified atom stereocenters. The highest BCUT2D eigenvalue weighted by Crippen LogP contribution is 2.29. The molecule has 1 aromatic carbocycles. The number of pyridine rings is 1. The number of methoxy groups -OCH3 is 2. The van der Waals surface area contributed by atoms with Crippen molar-refractivity contribution in [2.75, 3.05) is 14.2 Å². The van der Waals surface area contributed by atoms with Gasteiger partial charge in [-0.15, -0.1) is 0 Å². The molecule has 2 rings (SSSR count). The Morgan fingerprint density at radius 2 is 1.75 bits per heavy atom. The summed E-state index contributed by atoms with van der Waals surface area (Å²) >= 11 is 0. The molecule has 0 fully saturated rings. The number of nitrogens with zero attached hydrogens (tertiary/aromatic N) is 1. The average Bonchev–Trinajstić information content (AvgIpc) is 2.47. The molecule has 0 atom stereocenters. The van der Waals surface area contributed by atoms with Gasteiger partial charge < -0.3 is 9.47 Å². The molecule has 0 aliphatic heterocycles. The van der Waals surface area contributed by atoms with E-state index >= 15 is 0 Å². The van der Waals surface area contributed by atoms with Gasteiger partial charge in [-0.25, -0.2) is 4.98 Å². The summed E-state index contributed by atoms with van der Waals surface area (Å²) in [5.41, 5.74) is 3.36. The first-order valence-corrected chi connectivity index (χ1v) is 5.80. The van der Waals surface area contributed by atoms with Crippen LogP contribution in [0.1, 0.15) is 5.56 Å². The number of aromatic nitrogens is 1. The van der Waals surface area contributed by atoms with Crippen molar-refractivity contribution in [2.24, 2.45) is 0 Å². The zero-order valence-electron chi connectivity index (χ0n) is 11.5. The van der Waals surface area contributed by atoms with Crippen LogP contribution >= 0.6 is 0 Å². The van der Waals surface area contributed by atoms with Gasteiger partial charge in [0.25, 0.3) is 5.88 Å². The molecule has 1 heterocycles. The molecule has 0 saturated heterocycles. The molecule has 2 aromatic rings. The Bertz CT molecular complexity index is 605. The SMILES string of the molecule is COc1cc(-c2cccc(C)c2)cnc1OC.O=C=O. The Balaban J connectivity index is 0.000000612. The fourth-order valence-electron chi connectivity index (χ4n) is 1.71. The first-order valence-electron chi connectivity index (χ1n) is 5.80. The maximum absolute atomic E-state index is 8.12. The summed E-state index contributed by atoms with van der Waals surface area (Å²) in [6.45, 7) is 2.07. The summed E-state index contributed by atoms with van der Waals surface area (Å²) in [5, 5.41) is 0. The monoisotopic (exact) mass is 273 g/mol. The lowest BCUT2D eigenvalue weighted by molar-refractivity contribution is -0.191. The summed E-state index contributed by atoms with van der Waals surface area (Å²) in [5.74, 6) is 1.15. The number of hydrogen-bond donors (Lipinski definition) is 0. The lowest BCUT2D eigenvalue weighted by Gasteiger charge is -2.08. The summed E-state index contributed by atoms with van der Waals surface area (Å²) in [4.78, 5) is 20.5. The number of rotatable bonds is 3. The molecule has 0 aliphatic carbocycles. The van der Waals surface area contributed by atoms with Crippen molar-refractivity contribution < 1.29 is 19.1 Å². The molecule has 0 aliphatic rings. The van der Waals surface area contributed by atoms with Crippen LogP contribution in [0.2, 0.25) is 0 Å². The molecular formula is C15H15NO4. The predicted octanol–water partition coefficient (Wildman–Crippen LogP) is 2.49. The molecule has 0 amide bonds. The minimum absolute atomic E-state index is 0.250. The van der Waals surface area contributed by atoms with Crippen LogP contribution in [-0.2, 0) is 9.59 Å². The summed E-state index contributed by atoms with van der Waals surface area (Å²) in [7, 11) is 3.19. The Hall–Kier alpha value is -2.65. The van der Waals surface area contributed by atoms with Crippen molar-refractivity contribution in [3.8, 4) is 22.8 Å². The highest BCUT2D eigenvalue weighted by molar-refractivity contribution is 5.65. The molecule has 20 heavy (non-hydrogen) atoms. The van der Waals surface area contributed by atoms with Crippen LogP contribution in [0.4, 0.5) is 0 Å². The molecule has 5 heteroatoms. The molecule has 0 saturated carbocycles. The fourth-order valence-corrected chi connectivity index (χ4v) is 1.71. The predicted molar refractivity (Wildman–Crippen MR) is 72.5 cm³/mol.